The minimum absolute atomic E-state index is 0.157. The molecule has 4 heteroatoms. The third kappa shape index (κ3) is 2.47. The highest BCUT2D eigenvalue weighted by atomic mass is 16.3. The molecule has 90 valence electrons. The summed E-state index contributed by atoms with van der Waals surface area (Å²) in [5, 5.41) is 13.0. The first-order valence-electron chi connectivity index (χ1n) is 5.74. The lowest BCUT2D eigenvalue weighted by Gasteiger charge is -2.08. The molecule has 2 rings (SSSR count). The molecule has 3 N–H and O–H groups in total. The van der Waals surface area contributed by atoms with Crippen LogP contribution in [0.2, 0.25) is 0 Å². The number of fused-ring (bicyclic) bond motifs is 1. The number of hydrogen-bond donors (Lipinski definition) is 3. The first-order valence-corrected chi connectivity index (χ1v) is 5.74. The maximum atomic E-state index is 11.9. The Hall–Kier alpha value is -1.81. The molecule has 0 aliphatic heterocycles. The van der Waals surface area contributed by atoms with Crippen LogP contribution in [0.4, 0.5) is 0 Å². The summed E-state index contributed by atoms with van der Waals surface area (Å²) in [5.74, 6) is -0.157. The van der Waals surface area contributed by atoms with Gasteiger partial charge in [-0.3, -0.25) is 4.79 Å². The standard InChI is InChI=1S/C13H16N2O2/c1-2-9(16)7-15-13(17)11-8-14-12-6-4-3-5-10(11)12/h3-6,8-9,14,16H,2,7H2,1H3,(H,15,17). The Kier molecular flexibility index (Phi) is 3.44. The van der Waals surface area contributed by atoms with E-state index < -0.39 is 6.10 Å². The van der Waals surface area contributed by atoms with E-state index in [0.29, 0.717) is 12.0 Å². The number of benzene rings is 1. The molecule has 1 aromatic heterocycles. The lowest BCUT2D eigenvalue weighted by atomic mass is 10.1. The maximum Gasteiger partial charge on any atom is 0.253 e. The molecule has 0 aliphatic carbocycles. The zero-order valence-corrected chi connectivity index (χ0v) is 9.73. The van der Waals surface area contributed by atoms with E-state index in [9.17, 15) is 9.90 Å². The molecule has 1 aromatic carbocycles. The third-order valence-corrected chi connectivity index (χ3v) is 2.80. The van der Waals surface area contributed by atoms with Gasteiger partial charge >= 0.3 is 0 Å². The molecule has 0 spiro atoms. The molecule has 0 bridgehead atoms. The van der Waals surface area contributed by atoms with Crippen LogP contribution in [0, 0.1) is 0 Å². The van der Waals surface area contributed by atoms with Crippen molar-refractivity contribution in [3.05, 3.63) is 36.0 Å². The summed E-state index contributed by atoms with van der Waals surface area (Å²) in [6.45, 7) is 2.16. The molecule has 1 unspecified atom stereocenters. The predicted octanol–water partition coefficient (Wildman–Crippen LogP) is 1.67. The largest absolute Gasteiger partial charge is 0.391 e. The zero-order chi connectivity index (χ0) is 12.3. The van der Waals surface area contributed by atoms with Crippen molar-refractivity contribution >= 4 is 16.8 Å². The van der Waals surface area contributed by atoms with Gasteiger partial charge in [0.2, 0.25) is 0 Å². The second-order valence-electron chi connectivity index (χ2n) is 4.02. The monoisotopic (exact) mass is 232 g/mol. The van der Waals surface area contributed by atoms with Crippen LogP contribution in [-0.2, 0) is 0 Å². The average Bonchev–Trinajstić information content (AvgIpc) is 2.79. The highest BCUT2D eigenvalue weighted by Gasteiger charge is 2.12. The fourth-order valence-corrected chi connectivity index (χ4v) is 1.71. The van der Waals surface area contributed by atoms with Gasteiger partial charge in [-0.05, 0) is 12.5 Å². The van der Waals surface area contributed by atoms with Gasteiger partial charge < -0.3 is 15.4 Å². The molecule has 2 aromatic rings. The van der Waals surface area contributed by atoms with Crippen molar-refractivity contribution in [2.24, 2.45) is 0 Å². The second kappa shape index (κ2) is 5.01. The highest BCUT2D eigenvalue weighted by molar-refractivity contribution is 6.06. The van der Waals surface area contributed by atoms with E-state index in [0.717, 1.165) is 10.9 Å². The van der Waals surface area contributed by atoms with Crippen molar-refractivity contribution in [3.8, 4) is 0 Å². The minimum atomic E-state index is -0.482. The number of aliphatic hydroxyl groups excluding tert-OH is 1. The Morgan fingerprint density at radius 2 is 2.24 bits per heavy atom. The van der Waals surface area contributed by atoms with Crippen molar-refractivity contribution in [1.29, 1.82) is 0 Å². The number of carbonyl (C=O) groups is 1. The summed E-state index contributed by atoms with van der Waals surface area (Å²) >= 11 is 0. The van der Waals surface area contributed by atoms with Gasteiger partial charge in [-0.25, -0.2) is 0 Å². The van der Waals surface area contributed by atoms with E-state index in [2.05, 4.69) is 10.3 Å². The van der Waals surface area contributed by atoms with E-state index >= 15 is 0 Å². The van der Waals surface area contributed by atoms with E-state index in [1.165, 1.54) is 0 Å². The Morgan fingerprint density at radius 1 is 1.47 bits per heavy atom. The van der Waals surface area contributed by atoms with Crippen molar-refractivity contribution in [2.45, 2.75) is 19.4 Å². The molecule has 0 fully saturated rings. The molecule has 0 aliphatic rings. The zero-order valence-electron chi connectivity index (χ0n) is 9.73. The molecule has 1 heterocycles. The van der Waals surface area contributed by atoms with Gasteiger partial charge in [-0.15, -0.1) is 0 Å². The van der Waals surface area contributed by atoms with E-state index in [4.69, 9.17) is 0 Å². The van der Waals surface area contributed by atoms with E-state index in [1.807, 2.05) is 31.2 Å². The number of amides is 1. The van der Waals surface area contributed by atoms with Crippen molar-refractivity contribution in [2.75, 3.05) is 6.54 Å². The van der Waals surface area contributed by atoms with Gasteiger partial charge in [0, 0.05) is 23.6 Å². The molecule has 1 atom stereocenters. The summed E-state index contributed by atoms with van der Waals surface area (Å²) in [5.41, 5.74) is 1.55. The normalized spacial score (nSPS) is 12.6. The van der Waals surface area contributed by atoms with E-state index in [-0.39, 0.29) is 12.5 Å². The van der Waals surface area contributed by atoms with Crippen LogP contribution in [0.1, 0.15) is 23.7 Å². The number of carbonyl (C=O) groups excluding carboxylic acids is 1. The maximum absolute atomic E-state index is 11.9. The number of aromatic nitrogens is 1. The van der Waals surface area contributed by atoms with Gasteiger partial charge in [0.05, 0.1) is 11.7 Å². The minimum Gasteiger partial charge on any atom is -0.391 e. The third-order valence-electron chi connectivity index (χ3n) is 2.80. The number of aliphatic hydroxyl groups is 1. The van der Waals surface area contributed by atoms with Gasteiger partial charge in [0.15, 0.2) is 0 Å². The second-order valence-corrected chi connectivity index (χ2v) is 4.02. The fraction of sp³-hybridized carbons (Fsp3) is 0.308. The van der Waals surface area contributed by atoms with Gasteiger partial charge in [0.25, 0.3) is 5.91 Å². The van der Waals surface area contributed by atoms with Crippen molar-refractivity contribution < 1.29 is 9.90 Å². The first-order chi connectivity index (χ1) is 8.22. The average molecular weight is 232 g/mol. The van der Waals surface area contributed by atoms with Gasteiger partial charge in [-0.2, -0.15) is 0 Å². The SMILES string of the molecule is CCC(O)CNC(=O)c1c[nH]c2ccccc12. The molecular formula is C13H16N2O2. The Morgan fingerprint density at radius 3 is 3.00 bits per heavy atom. The summed E-state index contributed by atoms with van der Waals surface area (Å²) in [6.07, 6.45) is 1.84. The summed E-state index contributed by atoms with van der Waals surface area (Å²) < 4.78 is 0. The van der Waals surface area contributed by atoms with Crippen LogP contribution in [0.25, 0.3) is 10.9 Å². The van der Waals surface area contributed by atoms with Crippen LogP contribution in [0.5, 0.6) is 0 Å². The quantitative estimate of drug-likeness (QED) is 0.750. The van der Waals surface area contributed by atoms with Crippen LogP contribution >= 0.6 is 0 Å². The van der Waals surface area contributed by atoms with E-state index in [1.54, 1.807) is 6.20 Å². The number of nitrogens with one attached hydrogen (secondary N) is 2. The Balaban J connectivity index is 2.14. The van der Waals surface area contributed by atoms with Crippen LogP contribution in [0.3, 0.4) is 0 Å². The van der Waals surface area contributed by atoms with Crippen LogP contribution < -0.4 is 5.32 Å². The molecule has 0 radical (unpaired) electrons. The molecular weight excluding hydrogens is 216 g/mol. The summed E-state index contributed by atoms with van der Waals surface area (Å²) in [4.78, 5) is 14.9. The number of para-hydroxylation sites is 1. The molecule has 0 saturated carbocycles. The van der Waals surface area contributed by atoms with Gasteiger partial charge in [-0.1, -0.05) is 25.1 Å². The lowest BCUT2D eigenvalue weighted by Crippen LogP contribution is -2.31. The Labute approximate surface area is 99.7 Å². The molecule has 17 heavy (non-hydrogen) atoms. The highest BCUT2D eigenvalue weighted by Crippen LogP contribution is 2.17. The smallest absolute Gasteiger partial charge is 0.253 e. The molecule has 0 saturated heterocycles. The Bertz CT molecular complexity index is 519. The number of rotatable bonds is 4. The number of aromatic amines is 1. The van der Waals surface area contributed by atoms with Crippen LogP contribution in [0.15, 0.2) is 30.5 Å². The van der Waals surface area contributed by atoms with Gasteiger partial charge in [0.1, 0.15) is 0 Å². The first kappa shape index (κ1) is 11.7. The van der Waals surface area contributed by atoms with Crippen molar-refractivity contribution in [3.63, 3.8) is 0 Å². The topological polar surface area (TPSA) is 65.1 Å². The summed E-state index contributed by atoms with van der Waals surface area (Å²) in [6, 6.07) is 7.64. The summed E-state index contributed by atoms with van der Waals surface area (Å²) in [7, 11) is 0. The predicted molar refractivity (Wildman–Crippen MR) is 66.9 cm³/mol. The number of hydrogen-bond acceptors (Lipinski definition) is 2. The number of H-pyrrole nitrogens is 1. The molecule has 1 amide bonds. The van der Waals surface area contributed by atoms with Crippen LogP contribution in [-0.4, -0.2) is 28.6 Å². The fourth-order valence-electron chi connectivity index (χ4n) is 1.71. The van der Waals surface area contributed by atoms with Crippen molar-refractivity contribution in [1.82, 2.24) is 10.3 Å². The molecule has 4 nitrogen and oxygen atoms in total. The lowest BCUT2D eigenvalue weighted by molar-refractivity contribution is 0.0915.